The van der Waals surface area contributed by atoms with E-state index in [0.29, 0.717) is 30.8 Å². The average molecular weight is 551 g/mol. The van der Waals surface area contributed by atoms with Crippen LogP contribution in [-0.2, 0) is 21.4 Å². The van der Waals surface area contributed by atoms with E-state index in [4.69, 9.17) is 9.26 Å². The summed E-state index contributed by atoms with van der Waals surface area (Å²) in [6.45, 7) is 4.88. The van der Waals surface area contributed by atoms with Gasteiger partial charge < -0.3 is 24.4 Å². The molecule has 1 aromatic heterocycles. The second-order valence-electron chi connectivity index (χ2n) is 10.6. The molecule has 1 atom stereocenters. The van der Waals surface area contributed by atoms with Gasteiger partial charge in [0, 0.05) is 30.9 Å². The highest BCUT2D eigenvalue weighted by Crippen LogP contribution is 2.35. The van der Waals surface area contributed by atoms with Gasteiger partial charge in [0.2, 0.25) is 11.7 Å². The molecule has 40 heavy (non-hydrogen) atoms. The maximum atomic E-state index is 15.4. The minimum atomic E-state index is -1.08. The number of hydrogen-bond donors (Lipinski definition) is 2. The van der Waals surface area contributed by atoms with E-state index >= 15 is 4.39 Å². The lowest BCUT2D eigenvalue weighted by Gasteiger charge is -2.36. The van der Waals surface area contributed by atoms with Crippen LogP contribution < -0.4 is 15.6 Å². The molecule has 3 heterocycles. The van der Waals surface area contributed by atoms with Crippen LogP contribution in [0, 0.1) is 5.82 Å². The van der Waals surface area contributed by atoms with E-state index < -0.39 is 34.6 Å². The third-order valence-electron chi connectivity index (χ3n) is 7.66. The van der Waals surface area contributed by atoms with Crippen molar-refractivity contribution in [1.82, 2.24) is 15.0 Å². The number of nitrogens with zero attached hydrogens (tertiary/aromatic N) is 2. The fourth-order valence-electron chi connectivity index (χ4n) is 5.50. The summed E-state index contributed by atoms with van der Waals surface area (Å²) in [5.41, 5.74) is 0.150. The smallest absolute Gasteiger partial charge is 0.293 e. The van der Waals surface area contributed by atoms with Crippen LogP contribution in [0.3, 0.4) is 0 Å². The van der Waals surface area contributed by atoms with Crippen LogP contribution in [0.15, 0.2) is 51.8 Å². The minimum absolute atomic E-state index is 0.138. The first-order valence-corrected chi connectivity index (χ1v) is 13.2. The number of methoxy groups -OCH3 is 1. The first kappa shape index (κ1) is 27.2. The number of aromatic amines is 1. The number of halogens is 1. The van der Waals surface area contributed by atoms with Gasteiger partial charge in [-0.05, 0) is 68.5 Å². The highest BCUT2D eigenvalue weighted by molar-refractivity contribution is 6.01. The number of nitrogens with one attached hydrogen (secondary N) is 2. The van der Waals surface area contributed by atoms with E-state index in [2.05, 4.69) is 10.5 Å². The van der Waals surface area contributed by atoms with Crippen molar-refractivity contribution in [3.8, 4) is 5.75 Å². The second kappa shape index (κ2) is 10.6. The van der Waals surface area contributed by atoms with Crippen LogP contribution in [0.4, 0.5) is 10.1 Å². The number of rotatable bonds is 6. The van der Waals surface area contributed by atoms with Gasteiger partial charge in [-0.15, -0.1) is 0 Å². The topological polar surface area (TPSA) is 125 Å². The highest BCUT2D eigenvalue weighted by Gasteiger charge is 2.39. The van der Waals surface area contributed by atoms with Gasteiger partial charge in [-0.2, -0.15) is 5.16 Å². The molecule has 3 amide bonds. The van der Waals surface area contributed by atoms with Crippen LogP contribution in [0.25, 0.3) is 0 Å². The van der Waals surface area contributed by atoms with Gasteiger partial charge in [0.25, 0.3) is 17.4 Å². The molecule has 0 spiro atoms. The Hall–Kier alpha value is -4.41. The molecule has 1 fully saturated rings. The van der Waals surface area contributed by atoms with E-state index in [0.717, 1.165) is 24.5 Å². The minimum Gasteiger partial charge on any atom is -0.497 e. The summed E-state index contributed by atoms with van der Waals surface area (Å²) in [6, 6.07) is 9.39. The maximum absolute atomic E-state index is 15.4. The molecule has 1 saturated heterocycles. The molecule has 2 aliphatic heterocycles. The molecule has 11 heteroatoms. The Labute approximate surface area is 230 Å². The Morgan fingerprint density at radius 3 is 2.48 bits per heavy atom. The summed E-state index contributed by atoms with van der Waals surface area (Å²) in [5, 5.41) is 4.82. The number of amides is 3. The molecule has 10 nitrogen and oxygen atoms in total. The van der Waals surface area contributed by atoms with Crippen molar-refractivity contribution >= 4 is 23.4 Å². The number of ether oxygens (including phenoxy) is 1. The summed E-state index contributed by atoms with van der Waals surface area (Å²) < 4.78 is 25.7. The lowest BCUT2D eigenvalue weighted by atomic mass is 9.82. The molecular formula is C29H31FN4O6. The molecule has 0 radical (unpaired) electrons. The van der Waals surface area contributed by atoms with Gasteiger partial charge in [0.15, 0.2) is 0 Å². The largest absolute Gasteiger partial charge is 0.497 e. The molecule has 5 rings (SSSR count). The fraction of sp³-hybridized carbons (Fsp3) is 0.379. The number of carbonyl (C=O) groups excluding carboxylic acids is 3. The van der Waals surface area contributed by atoms with Crippen molar-refractivity contribution in [1.29, 1.82) is 0 Å². The third-order valence-corrected chi connectivity index (χ3v) is 7.66. The third kappa shape index (κ3) is 4.99. The van der Waals surface area contributed by atoms with E-state index in [1.54, 1.807) is 36.9 Å². The van der Waals surface area contributed by atoms with Gasteiger partial charge in [-0.3, -0.25) is 19.2 Å². The summed E-state index contributed by atoms with van der Waals surface area (Å²) in [5.74, 6) is -1.58. The van der Waals surface area contributed by atoms with Gasteiger partial charge in [0.1, 0.15) is 17.6 Å². The van der Waals surface area contributed by atoms with Crippen molar-refractivity contribution in [2.24, 2.45) is 0 Å². The van der Waals surface area contributed by atoms with Crippen LogP contribution in [0.1, 0.15) is 60.0 Å². The number of aromatic nitrogens is 1. The number of fused-ring (bicyclic) bond motifs is 1. The molecule has 210 valence electrons. The first-order chi connectivity index (χ1) is 19.1. The fourth-order valence-corrected chi connectivity index (χ4v) is 5.50. The normalized spacial score (nSPS) is 16.9. The van der Waals surface area contributed by atoms with Crippen molar-refractivity contribution in [2.45, 2.75) is 44.6 Å². The predicted octanol–water partition coefficient (Wildman–Crippen LogP) is 3.39. The summed E-state index contributed by atoms with van der Waals surface area (Å²) >= 11 is 0. The summed E-state index contributed by atoms with van der Waals surface area (Å²) in [6.07, 6.45) is 2.31. The van der Waals surface area contributed by atoms with Crippen LogP contribution in [0.5, 0.6) is 5.75 Å². The zero-order valence-corrected chi connectivity index (χ0v) is 22.6. The standard InChI is InChI=1S/C29H31FN4O6/c1-29(2,28(38)33-11-4-5-12-33)21-9-6-18(15-22(21)30)31-26(36)25-20-8-7-19(39-3)14-17(20)10-13-34(25)27(37)23-16-24(35)32-40-23/h6-9,14-16,25H,4-5,10-13H2,1-3H3,(H,31,36)(H,32,35)/t25-/m1/s1. The Balaban J connectivity index is 1.43. The van der Waals surface area contributed by atoms with E-state index in [9.17, 15) is 19.2 Å². The van der Waals surface area contributed by atoms with E-state index in [1.165, 1.54) is 24.1 Å². The molecule has 0 aliphatic carbocycles. The highest BCUT2D eigenvalue weighted by atomic mass is 19.1. The second-order valence-corrected chi connectivity index (χ2v) is 10.6. The quantitative estimate of drug-likeness (QED) is 0.485. The Morgan fingerprint density at radius 1 is 1.07 bits per heavy atom. The molecule has 2 aliphatic rings. The van der Waals surface area contributed by atoms with Crippen LogP contribution >= 0.6 is 0 Å². The lowest BCUT2D eigenvalue weighted by Crippen LogP contribution is -2.45. The molecule has 2 aromatic carbocycles. The number of H-pyrrole nitrogens is 1. The number of benzene rings is 2. The van der Waals surface area contributed by atoms with Crippen LogP contribution in [0.2, 0.25) is 0 Å². The Bertz CT molecular complexity index is 1520. The van der Waals surface area contributed by atoms with Gasteiger partial charge in [0.05, 0.1) is 18.6 Å². The lowest BCUT2D eigenvalue weighted by molar-refractivity contribution is -0.135. The van der Waals surface area contributed by atoms with Crippen molar-refractivity contribution in [3.63, 3.8) is 0 Å². The zero-order chi connectivity index (χ0) is 28.6. The maximum Gasteiger partial charge on any atom is 0.293 e. The monoisotopic (exact) mass is 550 g/mol. The molecule has 0 bridgehead atoms. The molecule has 0 unspecified atom stereocenters. The predicted molar refractivity (Wildman–Crippen MR) is 144 cm³/mol. The van der Waals surface area contributed by atoms with Gasteiger partial charge in [-0.1, -0.05) is 12.1 Å². The molecule has 2 N–H and O–H groups in total. The van der Waals surface area contributed by atoms with E-state index in [1.807, 2.05) is 6.07 Å². The van der Waals surface area contributed by atoms with Gasteiger partial charge in [-0.25, -0.2) is 4.39 Å². The number of likely N-dealkylation sites (tertiary alicyclic amines) is 1. The molecule has 3 aromatic rings. The Kier molecular flexibility index (Phi) is 7.22. The summed E-state index contributed by atoms with van der Waals surface area (Å²) in [4.78, 5) is 54.7. The van der Waals surface area contributed by atoms with Crippen molar-refractivity contribution < 1.29 is 28.0 Å². The summed E-state index contributed by atoms with van der Waals surface area (Å²) in [7, 11) is 1.54. The number of carbonyl (C=O) groups is 3. The Morgan fingerprint density at radius 2 is 1.82 bits per heavy atom. The number of anilines is 1. The first-order valence-electron chi connectivity index (χ1n) is 13.2. The molecule has 0 saturated carbocycles. The van der Waals surface area contributed by atoms with Crippen LogP contribution in [-0.4, -0.2) is 59.4 Å². The zero-order valence-electron chi connectivity index (χ0n) is 22.6. The SMILES string of the molecule is COc1ccc2c(c1)CCN(C(=O)c1cc(=O)[nH]o1)[C@H]2C(=O)Nc1ccc(C(C)(C)C(=O)N2CCCC2)c(F)c1. The number of hydrogen-bond acceptors (Lipinski definition) is 6. The molecular weight excluding hydrogens is 519 g/mol. The van der Waals surface area contributed by atoms with E-state index in [-0.39, 0.29) is 29.5 Å². The van der Waals surface area contributed by atoms with Gasteiger partial charge >= 0.3 is 0 Å². The van der Waals surface area contributed by atoms with Crippen molar-refractivity contribution in [2.75, 3.05) is 32.1 Å². The van der Waals surface area contributed by atoms with Crippen molar-refractivity contribution in [3.05, 3.63) is 81.1 Å². The average Bonchev–Trinajstić information content (AvgIpc) is 3.63.